The molecule has 5 rings (SSSR count). The fraction of sp³-hybridized carbons (Fsp3) is 0.774. The first-order valence-electron chi connectivity index (χ1n) is 13.8. The van der Waals surface area contributed by atoms with Gasteiger partial charge in [0.25, 0.3) is 0 Å². The Morgan fingerprint density at radius 3 is 2.28 bits per heavy atom. The van der Waals surface area contributed by atoms with Crippen LogP contribution in [0, 0.1) is 61.6 Å². The van der Waals surface area contributed by atoms with E-state index in [0.29, 0.717) is 24.8 Å². The second-order valence-corrected chi connectivity index (χ2v) is 15.0. The summed E-state index contributed by atoms with van der Waals surface area (Å²) < 4.78 is 0. The average Bonchev–Trinajstić information content (AvgIpc) is 2.77. The van der Waals surface area contributed by atoms with Crippen LogP contribution in [0.2, 0.25) is 0 Å². The van der Waals surface area contributed by atoms with Crippen molar-refractivity contribution in [3.63, 3.8) is 0 Å². The molecule has 0 spiro atoms. The number of hydrogen-bond acceptors (Lipinski definition) is 4. The van der Waals surface area contributed by atoms with E-state index >= 15 is 0 Å². The summed E-state index contributed by atoms with van der Waals surface area (Å²) in [7, 11) is 0. The minimum Gasteiger partial charge on any atom is -0.511 e. The molecule has 0 bridgehead atoms. The molecule has 3 fully saturated rings. The highest BCUT2D eigenvalue weighted by atomic mass is 16.4. The molecular weight excluding hydrogens is 450 g/mol. The van der Waals surface area contributed by atoms with Crippen molar-refractivity contribution in [3.8, 4) is 6.07 Å². The number of aliphatic carboxylic acids is 1. The van der Waals surface area contributed by atoms with Crippen molar-refractivity contribution in [1.82, 2.24) is 0 Å². The highest BCUT2D eigenvalue weighted by Gasteiger charge is 2.71. The Bertz CT molecular complexity index is 1150. The lowest BCUT2D eigenvalue weighted by Gasteiger charge is -2.69. The van der Waals surface area contributed by atoms with Crippen molar-refractivity contribution in [2.45, 2.75) is 99.8 Å². The third-order valence-electron chi connectivity index (χ3n) is 12.5. The van der Waals surface area contributed by atoms with Crippen molar-refractivity contribution < 1.29 is 19.8 Å². The van der Waals surface area contributed by atoms with Crippen LogP contribution in [0.25, 0.3) is 0 Å². The molecule has 3 saturated carbocycles. The predicted molar refractivity (Wildman–Crippen MR) is 138 cm³/mol. The molecule has 0 heterocycles. The van der Waals surface area contributed by atoms with E-state index in [9.17, 15) is 25.1 Å². The van der Waals surface area contributed by atoms with Crippen molar-refractivity contribution in [2.75, 3.05) is 0 Å². The SMILES string of the molecule is CC1(C)CC[C@]2(C(=O)O)CC[C@]3(C)[C@H](C(=O)C=C4[C@@]5(C)CC(C#N)=C(O)C(C)(C)[C@@H]5CC[C@]43C)[C@@H]2C1. The molecule has 0 saturated heterocycles. The van der Waals surface area contributed by atoms with E-state index in [1.54, 1.807) is 0 Å². The highest BCUT2D eigenvalue weighted by molar-refractivity contribution is 5.96. The number of nitriles is 1. The second-order valence-electron chi connectivity index (χ2n) is 15.0. The molecule has 0 unspecified atom stereocenters. The van der Waals surface area contributed by atoms with E-state index in [4.69, 9.17) is 0 Å². The summed E-state index contributed by atoms with van der Waals surface area (Å²) >= 11 is 0. The average molecular weight is 494 g/mol. The number of carbonyl (C=O) groups excluding carboxylic acids is 1. The number of carbonyl (C=O) groups is 2. The number of nitrogens with zero attached hydrogens (tertiary/aromatic N) is 1. The van der Waals surface area contributed by atoms with Gasteiger partial charge >= 0.3 is 5.97 Å². The van der Waals surface area contributed by atoms with Gasteiger partial charge in [-0.2, -0.15) is 5.26 Å². The molecule has 0 aliphatic heterocycles. The summed E-state index contributed by atoms with van der Waals surface area (Å²) in [5.74, 6) is -0.754. The molecule has 0 aromatic carbocycles. The second kappa shape index (κ2) is 7.27. The van der Waals surface area contributed by atoms with Crippen LogP contribution in [-0.2, 0) is 9.59 Å². The number of carboxylic acid groups (broad SMARTS) is 1. The normalized spacial score (nSPS) is 46.9. The van der Waals surface area contributed by atoms with Crippen LogP contribution in [0.5, 0.6) is 0 Å². The Balaban J connectivity index is 1.69. The van der Waals surface area contributed by atoms with Gasteiger partial charge in [-0.25, -0.2) is 0 Å². The molecule has 5 aliphatic carbocycles. The van der Waals surface area contributed by atoms with Gasteiger partial charge in [0, 0.05) is 11.3 Å². The van der Waals surface area contributed by atoms with Gasteiger partial charge < -0.3 is 10.2 Å². The monoisotopic (exact) mass is 493 g/mol. The van der Waals surface area contributed by atoms with Crippen molar-refractivity contribution in [1.29, 1.82) is 5.26 Å². The van der Waals surface area contributed by atoms with Crippen LogP contribution >= 0.6 is 0 Å². The smallest absolute Gasteiger partial charge is 0.309 e. The van der Waals surface area contributed by atoms with E-state index in [-0.39, 0.29) is 45.5 Å². The predicted octanol–water partition coefficient (Wildman–Crippen LogP) is 7.00. The molecule has 5 heteroatoms. The third kappa shape index (κ3) is 2.88. The Labute approximate surface area is 216 Å². The van der Waals surface area contributed by atoms with Gasteiger partial charge in [-0.3, -0.25) is 9.59 Å². The quantitative estimate of drug-likeness (QED) is 0.410. The van der Waals surface area contributed by atoms with E-state index in [2.05, 4.69) is 40.7 Å². The van der Waals surface area contributed by atoms with Gasteiger partial charge in [-0.1, -0.05) is 54.0 Å². The van der Waals surface area contributed by atoms with E-state index < -0.39 is 22.2 Å². The summed E-state index contributed by atoms with van der Waals surface area (Å²) in [6, 6.07) is 2.27. The van der Waals surface area contributed by atoms with Crippen LogP contribution in [0.15, 0.2) is 23.0 Å². The van der Waals surface area contributed by atoms with Gasteiger partial charge in [0.1, 0.15) is 5.76 Å². The summed E-state index contributed by atoms with van der Waals surface area (Å²) in [4.78, 5) is 27.1. The zero-order valence-corrected chi connectivity index (χ0v) is 23.1. The summed E-state index contributed by atoms with van der Waals surface area (Å²) in [6.07, 6.45) is 7.83. The van der Waals surface area contributed by atoms with E-state index in [1.165, 1.54) is 0 Å². The molecule has 0 aromatic rings. The Hall–Kier alpha value is -2.09. The maximum Gasteiger partial charge on any atom is 0.309 e. The summed E-state index contributed by atoms with van der Waals surface area (Å²) in [5, 5.41) is 31.4. The van der Waals surface area contributed by atoms with Gasteiger partial charge in [0.15, 0.2) is 5.78 Å². The van der Waals surface area contributed by atoms with E-state index in [1.807, 2.05) is 19.9 Å². The number of aliphatic hydroxyl groups is 1. The molecule has 2 N–H and O–H groups in total. The number of fused-ring (bicyclic) bond motifs is 7. The number of hydrogen-bond donors (Lipinski definition) is 2. The van der Waals surface area contributed by atoms with Crippen LogP contribution in [0.1, 0.15) is 99.8 Å². The molecule has 7 atom stereocenters. The van der Waals surface area contributed by atoms with E-state index in [0.717, 1.165) is 37.7 Å². The minimum absolute atomic E-state index is 0.0219. The molecule has 0 amide bonds. The van der Waals surface area contributed by atoms with Crippen molar-refractivity contribution in [3.05, 3.63) is 23.0 Å². The lowest BCUT2D eigenvalue weighted by atomic mass is 9.34. The molecular formula is C31H43NO4. The highest BCUT2D eigenvalue weighted by Crippen LogP contribution is 2.75. The molecule has 5 aliphatic rings. The first-order valence-corrected chi connectivity index (χ1v) is 13.8. The molecule has 0 aromatic heterocycles. The summed E-state index contributed by atoms with van der Waals surface area (Å²) in [5.41, 5.74) is -0.745. The molecule has 0 radical (unpaired) electrons. The van der Waals surface area contributed by atoms with Crippen LogP contribution in [-0.4, -0.2) is 22.0 Å². The lowest BCUT2D eigenvalue weighted by Crippen LogP contribution is -2.65. The standard InChI is InChI=1S/C31H43NO4/c1-26(2)10-12-31(25(35)36)13-11-30(7)23(19(31)16-26)20(33)14-22-28(5)15-18(17-32)24(34)27(3,4)21(28)8-9-29(22,30)6/h14,19,21,23,34H,8-13,15-16H2,1-7H3,(H,35,36)/t19-,21-,23-,28-,29+,30+,31-/m0/s1. The first kappa shape index (κ1) is 25.6. The van der Waals surface area contributed by atoms with Gasteiger partial charge in [0.05, 0.1) is 17.1 Å². The van der Waals surface area contributed by atoms with Crippen LogP contribution < -0.4 is 0 Å². The Morgan fingerprint density at radius 1 is 1.03 bits per heavy atom. The van der Waals surface area contributed by atoms with Gasteiger partial charge in [-0.05, 0) is 90.9 Å². The van der Waals surface area contributed by atoms with Gasteiger partial charge in [0.2, 0.25) is 0 Å². The first-order chi connectivity index (χ1) is 16.5. The maximum atomic E-state index is 14.3. The van der Waals surface area contributed by atoms with Gasteiger partial charge in [-0.15, -0.1) is 0 Å². The van der Waals surface area contributed by atoms with Crippen LogP contribution in [0.3, 0.4) is 0 Å². The molecule has 5 nitrogen and oxygen atoms in total. The third-order valence-corrected chi connectivity index (χ3v) is 12.5. The number of rotatable bonds is 1. The fourth-order valence-electron chi connectivity index (χ4n) is 10.3. The number of carboxylic acids is 1. The zero-order valence-electron chi connectivity index (χ0n) is 23.1. The largest absolute Gasteiger partial charge is 0.511 e. The molecule has 196 valence electrons. The maximum absolute atomic E-state index is 14.3. The molecule has 36 heavy (non-hydrogen) atoms. The number of aliphatic hydroxyl groups excluding tert-OH is 1. The topological polar surface area (TPSA) is 98.4 Å². The Kier molecular flexibility index (Phi) is 5.16. The van der Waals surface area contributed by atoms with Crippen molar-refractivity contribution in [2.24, 2.45) is 50.2 Å². The minimum atomic E-state index is -0.812. The zero-order chi connectivity index (χ0) is 26.7. The fourth-order valence-corrected chi connectivity index (χ4v) is 10.3. The van der Waals surface area contributed by atoms with Crippen LogP contribution in [0.4, 0.5) is 0 Å². The Morgan fingerprint density at radius 2 is 1.67 bits per heavy atom. The number of ketones is 1. The number of allylic oxidation sites excluding steroid dienone is 4. The summed E-state index contributed by atoms with van der Waals surface area (Å²) in [6.45, 7) is 15.3. The lowest BCUT2D eigenvalue weighted by molar-refractivity contribution is -0.189. The van der Waals surface area contributed by atoms with Crippen molar-refractivity contribution >= 4 is 11.8 Å².